The first-order chi connectivity index (χ1) is 6.16. The molecule has 0 spiro atoms. The van der Waals surface area contributed by atoms with Crippen LogP contribution < -0.4 is 0 Å². The molecule has 0 radical (unpaired) electrons. The van der Waals surface area contributed by atoms with Crippen LogP contribution in [0.4, 0.5) is 0 Å². The van der Waals surface area contributed by atoms with E-state index in [1.165, 1.54) is 6.42 Å². The number of amides is 1. The van der Waals surface area contributed by atoms with Gasteiger partial charge in [-0.25, -0.2) is 0 Å². The molecule has 2 nitrogen and oxygen atoms in total. The third-order valence-electron chi connectivity index (χ3n) is 2.72. The molecule has 1 saturated heterocycles. The zero-order valence-corrected chi connectivity index (χ0v) is 8.68. The number of rotatable bonds is 2. The van der Waals surface area contributed by atoms with E-state index < -0.39 is 0 Å². The van der Waals surface area contributed by atoms with Gasteiger partial charge in [0.05, 0.1) is 0 Å². The van der Waals surface area contributed by atoms with Crippen LogP contribution in [-0.4, -0.2) is 23.4 Å². The van der Waals surface area contributed by atoms with E-state index in [0.717, 1.165) is 25.8 Å². The zero-order chi connectivity index (χ0) is 9.84. The van der Waals surface area contributed by atoms with Gasteiger partial charge in [-0.1, -0.05) is 13.5 Å². The van der Waals surface area contributed by atoms with Gasteiger partial charge in [0.25, 0.3) is 0 Å². The van der Waals surface area contributed by atoms with Gasteiger partial charge in [0, 0.05) is 18.2 Å². The molecular formula is C11H19NO. The molecule has 1 fully saturated rings. The summed E-state index contributed by atoms with van der Waals surface area (Å²) < 4.78 is 0. The molecule has 74 valence electrons. The molecular weight excluding hydrogens is 162 g/mol. The van der Waals surface area contributed by atoms with Crippen LogP contribution in [0.2, 0.25) is 0 Å². The van der Waals surface area contributed by atoms with Crippen molar-refractivity contribution < 1.29 is 4.79 Å². The number of likely N-dealkylation sites (tertiary alicyclic amines) is 1. The predicted molar refractivity (Wildman–Crippen MR) is 54.5 cm³/mol. The number of carbonyl (C=O) groups excluding carboxylic acids is 1. The molecule has 0 aromatic rings. The summed E-state index contributed by atoms with van der Waals surface area (Å²) in [5.41, 5.74) is 0.667. The number of carbonyl (C=O) groups is 1. The molecule has 0 aromatic carbocycles. The molecule has 13 heavy (non-hydrogen) atoms. The molecule has 0 N–H and O–H groups in total. The van der Waals surface area contributed by atoms with Crippen molar-refractivity contribution in [3.05, 3.63) is 12.2 Å². The Morgan fingerprint density at radius 2 is 2.23 bits per heavy atom. The zero-order valence-electron chi connectivity index (χ0n) is 8.68. The Morgan fingerprint density at radius 1 is 1.54 bits per heavy atom. The second-order valence-electron chi connectivity index (χ2n) is 3.84. The first kappa shape index (κ1) is 10.3. The minimum Gasteiger partial charge on any atom is -0.336 e. The van der Waals surface area contributed by atoms with E-state index in [9.17, 15) is 4.79 Å². The average Bonchev–Trinajstić information content (AvgIpc) is 2.16. The Morgan fingerprint density at radius 3 is 2.77 bits per heavy atom. The number of hydrogen-bond donors (Lipinski definition) is 0. The Bertz CT molecular complexity index is 210. The van der Waals surface area contributed by atoms with E-state index in [-0.39, 0.29) is 5.91 Å². The summed E-state index contributed by atoms with van der Waals surface area (Å²) in [7, 11) is 0. The van der Waals surface area contributed by atoms with Crippen LogP contribution in [0.25, 0.3) is 0 Å². The highest BCUT2D eigenvalue weighted by molar-refractivity contribution is 5.92. The summed E-state index contributed by atoms with van der Waals surface area (Å²) in [6.07, 6.45) is 4.64. The van der Waals surface area contributed by atoms with Crippen LogP contribution in [0.5, 0.6) is 0 Å². The lowest BCUT2D eigenvalue weighted by Crippen LogP contribution is -2.43. The van der Waals surface area contributed by atoms with E-state index in [2.05, 4.69) is 13.5 Å². The smallest absolute Gasteiger partial charge is 0.249 e. The molecule has 1 unspecified atom stereocenters. The first-order valence-electron chi connectivity index (χ1n) is 5.13. The van der Waals surface area contributed by atoms with Gasteiger partial charge in [0.1, 0.15) is 0 Å². The lowest BCUT2D eigenvalue weighted by Gasteiger charge is -2.35. The molecule has 2 heteroatoms. The molecule has 0 bridgehead atoms. The van der Waals surface area contributed by atoms with Crippen LogP contribution >= 0.6 is 0 Å². The lowest BCUT2D eigenvalue weighted by atomic mass is 9.99. The van der Waals surface area contributed by atoms with Gasteiger partial charge in [-0.15, -0.1) is 0 Å². The van der Waals surface area contributed by atoms with Crippen LogP contribution in [0.1, 0.15) is 39.5 Å². The highest BCUT2D eigenvalue weighted by Gasteiger charge is 2.24. The van der Waals surface area contributed by atoms with E-state index >= 15 is 0 Å². The van der Waals surface area contributed by atoms with Gasteiger partial charge in [-0.3, -0.25) is 4.79 Å². The second kappa shape index (κ2) is 4.45. The fourth-order valence-electron chi connectivity index (χ4n) is 1.94. The minimum absolute atomic E-state index is 0.145. The van der Waals surface area contributed by atoms with Crippen molar-refractivity contribution in [2.24, 2.45) is 0 Å². The Kier molecular flexibility index (Phi) is 3.52. The van der Waals surface area contributed by atoms with Crippen LogP contribution in [-0.2, 0) is 4.79 Å². The Balaban J connectivity index is 2.64. The molecule has 1 aliphatic heterocycles. The quantitative estimate of drug-likeness (QED) is 0.599. The molecule has 1 heterocycles. The standard InChI is InChI=1S/C11H19NO/c1-4-10-7-5-6-8-12(10)11(13)9(2)3/h10H,2,4-8H2,1,3H3. The molecule has 0 saturated carbocycles. The third kappa shape index (κ3) is 2.33. The third-order valence-corrected chi connectivity index (χ3v) is 2.72. The summed E-state index contributed by atoms with van der Waals surface area (Å²) in [6, 6.07) is 0.456. The lowest BCUT2D eigenvalue weighted by molar-refractivity contribution is -0.130. The largest absolute Gasteiger partial charge is 0.336 e. The minimum atomic E-state index is 0.145. The fourth-order valence-corrected chi connectivity index (χ4v) is 1.94. The van der Waals surface area contributed by atoms with Gasteiger partial charge < -0.3 is 4.90 Å². The Hall–Kier alpha value is -0.790. The van der Waals surface area contributed by atoms with Crippen molar-refractivity contribution in [3.63, 3.8) is 0 Å². The number of piperidine rings is 1. The van der Waals surface area contributed by atoms with Crippen molar-refractivity contribution in [2.45, 2.75) is 45.6 Å². The van der Waals surface area contributed by atoms with Gasteiger partial charge in [-0.05, 0) is 32.6 Å². The fraction of sp³-hybridized carbons (Fsp3) is 0.727. The predicted octanol–water partition coefficient (Wildman–Crippen LogP) is 2.35. The van der Waals surface area contributed by atoms with E-state index in [1.54, 1.807) is 6.92 Å². The normalized spacial score (nSPS) is 22.9. The summed E-state index contributed by atoms with van der Waals surface area (Å²) >= 11 is 0. The van der Waals surface area contributed by atoms with Gasteiger partial charge in [0.2, 0.25) is 5.91 Å². The highest BCUT2D eigenvalue weighted by atomic mass is 16.2. The van der Waals surface area contributed by atoms with Gasteiger partial charge >= 0.3 is 0 Å². The first-order valence-corrected chi connectivity index (χ1v) is 5.13. The van der Waals surface area contributed by atoms with Gasteiger partial charge in [0.15, 0.2) is 0 Å². The second-order valence-corrected chi connectivity index (χ2v) is 3.84. The van der Waals surface area contributed by atoms with Gasteiger partial charge in [-0.2, -0.15) is 0 Å². The van der Waals surface area contributed by atoms with E-state index in [4.69, 9.17) is 0 Å². The molecule has 1 amide bonds. The SMILES string of the molecule is C=C(C)C(=O)N1CCCCC1CC. The molecule has 1 atom stereocenters. The number of hydrogen-bond acceptors (Lipinski definition) is 1. The maximum Gasteiger partial charge on any atom is 0.249 e. The van der Waals surface area contributed by atoms with Crippen molar-refractivity contribution in [1.29, 1.82) is 0 Å². The monoisotopic (exact) mass is 181 g/mol. The van der Waals surface area contributed by atoms with Crippen LogP contribution in [0.3, 0.4) is 0 Å². The van der Waals surface area contributed by atoms with Crippen molar-refractivity contribution >= 4 is 5.91 Å². The maximum atomic E-state index is 11.7. The molecule has 0 aromatic heterocycles. The molecule has 1 rings (SSSR count). The van der Waals surface area contributed by atoms with E-state index in [1.807, 2.05) is 4.90 Å². The Labute approximate surface area is 80.6 Å². The topological polar surface area (TPSA) is 20.3 Å². The number of nitrogens with zero attached hydrogens (tertiary/aromatic N) is 1. The van der Waals surface area contributed by atoms with Crippen LogP contribution in [0.15, 0.2) is 12.2 Å². The maximum absolute atomic E-state index is 11.7. The molecule has 1 aliphatic rings. The summed E-state index contributed by atoms with van der Waals surface area (Å²) in [6.45, 7) is 8.57. The summed E-state index contributed by atoms with van der Waals surface area (Å²) in [5, 5.41) is 0. The van der Waals surface area contributed by atoms with Crippen LogP contribution in [0, 0.1) is 0 Å². The van der Waals surface area contributed by atoms with Crippen molar-refractivity contribution in [3.8, 4) is 0 Å². The summed E-state index contributed by atoms with van der Waals surface area (Å²) in [4.78, 5) is 13.7. The van der Waals surface area contributed by atoms with E-state index in [0.29, 0.717) is 11.6 Å². The van der Waals surface area contributed by atoms with Crippen molar-refractivity contribution in [1.82, 2.24) is 4.90 Å². The van der Waals surface area contributed by atoms with Crippen molar-refractivity contribution in [2.75, 3.05) is 6.54 Å². The highest BCUT2D eigenvalue weighted by Crippen LogP contribution is 2.20. The molecule has 0 aliphatic carbocycles. The average molecular weight is 181 g/mol. The summed E-state index contributed by atoms with van der Waals surface area (Å²) in [5.74, 6) is 0.145.